The second-order valence-electron chi connectivity index (χ2n) is 5.54. The third-order valence-electron chi connectivity index (χ3n) is 3.79. The van der Waals surface area contributed by atoms with E-state index in [9.17, 15) is 0 Å². The number of nitrogens with one attached hydrogen (secondary N) is 2. The van der Waals surface area contributed by atoms with Crippen LogP contribution in [0.2, 0.25) is 5.02 Å². The zero-order chi connectivity index (χ0) is 14.6. The first-order valence-electron chi connectivity index (χ1n) is 7.80. The van der Waals surface area contributed by atoms with Crippen LogP contribution in [0.3, 0.4) is 0 Å². The standard InChI is InChI=1S/C9H12ClN.C8H17N/c1-11-7-6-8-2-4-9(10)5-3-8;1-9-7-8-5-3-2-4-6-8/h2-5,11H,6-7H2,1H3;8-9H,2-7H2,1H3. The van der Waals surface area contributed by atoms with Crippen molar-refractivity contribution < 1.29 is 0 Å². The summed E-state index contributed by atoms with van der Waals surface area (Å²) in [4.78, 5) is 0. The Labute approximate surface area is 129 Å². The van der Waals surface area contributed by atoms with Gasteiger partial charge in [-0.05, 0) is 70.1 Å². The van der Waals surface area contributed by atoms with Crippen LogP contribution in [0.25, 0.3) is 0 Å². The Hall–Kier alpha value is -0.570. The highest BCUT2D eigenvalue weighted by Gasteiger charge is 2.11. The van der Waals surface area contributed by atoms with Crippen LogP contribution in [0, 0.1) is 5.92 Å². The monoisotopic (exact) mass is 296 g/mol. The molecule has 1 aromatic carbocycles. The van der Waals surface area contributed by atoms with Gasteiger partial charge >= 0.3 is 0 Å². The Morgan fingerprint density at radius 2 is 1.65 bits per heavy atom. The van der Waals surface area contributed by atoms with Crippen molar-refractivity contribution >= 4 is 11.6 Å². The van der Waals surface area contributed by atoms with Crippen LogP contribution in [0.4, 0.5) is 0 Å². The van der Waals surface area contributed by atoms with E-state index in [-0.39, 0.29) is 0 Å². The van der Waals surface area contributed by atoms with Crippen molar-refractivity contribution in [3.63, 3.8) is 0 Å². The van der Waals surface area contributed by atoms with Gasteiger partial charge in [0.25, 0.3) is 0 Å². The second-order valence-corrected chi connectivity index (χ2v) is 5.98. The second kappa shape index (κ2) is 11.1. The number of halogens is 1. The smallest absolute Gasteiger partial charge is 0.0406 e. The molecule has 0 unspecified atom stereocenters. The van der Waals surface area contributed by atoms with E-state index in [2.05, 4.69) is 29.8 Å². The summed E-state index contributed by atoms with van der Waals surface area (Å²) in [5.74, 6) is 0.990. The summed E-state index contributed by atoms with van der Waals surface area (Å²) in [6.45, 7) is 2.25. The molecule has 1 fully saturated rings. The quantitative estimate of drug-likeness (QED) is 0.861. The van der Waals surface area contributed by atoms with Crippen molar-refractivity contribution in [1.29, 1.82) is 0 Å². The van der Waals surface area contributed by atoms with E-state index in [0.717, 1.165) is 23.9 Å². The molecule has 3 heteroatoms. The Kier molecular flexibility index (Phi) is 9.73. The number of likely N-dealkylation sites (N-methyl/N-ethyl adjacent to an activating group) is 1. The maximum atomic E-state index is 5.73. The lowest BCUT2D eigenvalue weighted by molar-refractivity contribution is 0.350. The van der Waals surface area contributed by atoms with Crippen LogP contribution in [0.5, 0.6) is 0 Å². The van der Waals surface area contributed by atoms with Gasteiger partial charge in [0, 0.05) is 5.02 Å². The van der Waals surface area contributed by atoms with E-state index in [4.69, 9.17) is 11.6 Å². The molecule has 2 N–H and O–H groups in total. The van der Waals surface area contributed by atoms with Crippen LogP contribution in [-0.2, 0) is 6.42 Å². The molecule has 0 amide bonds. The fourth-order valence-electron chi connectivity index (χ4n) is 2.60. The Morgan fingerprint density at radius 3 is 2.20 bits per heavy atom. The maximum absolute atomic E-state index is 5.73. The Morgan fingerprint density at radius 1 is 1.00 bits per heavy atom. The summed E-state index contributed by atoms with van der Waals surface area (Å²) >= 11 is 5.73. The maximum Gasteiger partial charge on any atom is 0.0406 e. The van der Waals surface area contributed by atoms with Crippen LogP contribution >= 0.6 is 11.6 Å². The highest BCUT2D eigenvalue weighted by molar-refractivity contribution is 6.30. The lowest BCUT2D eigenvalue weighted by Crippen LogP contribution is -2.20. The number of benzene rings is 1. The van der Waals surface area contributed by atoms with Crippen molar-refractivity contribution in [2.75, 3.05) is 27.2 Å². The molecule has 0 radical (unpaired) electrons. The number of hydrogen-bond donors (Lipinski definition) is 2. The van der Waals surface area contributed by atoms with Crippen molar-refractivity contribution in [2.24, 2.45) is 5.92 Å². The van der Waals surface area contributed by atoms with Crippen LogP contribution in [0.1, 0.15) is 37.7 Å². The molecule has 0 heterocycles. The predicted octanol–water partition coefficient (Wildman–Crippen LogP) is 3.89. The van der Waals surface area contributed by atoms with Crippen molar-refractivity contribution in [2.45, 2.75) is 38.5 Å². The van der Waals surface area contributed by atoms with E-state index in [1.54, 1.807) is 0 Å². The molecule has 0 spiro atoms. The molecular weight excluding hydrogens is 268 g/mol. The summed E-state index contributed by atoms with van der Waals surface area (Å²) in [6, 6.07) is 7.96. The van der Waals surface area contributed by atoms with E-state index in [1.165, 1.54) is 44.2 Å². The molecule has 2 rings (SSSR count). The largest absolute Gasteiger partial charge is 0.319 e. The molecule has 0 saturated heterocycles. The van der Waals surface area contributed by atoms with E-state index >= 15 is 0 Å². The van der Waals surface area contributed by atoms with E-state index in [1.807, 2.05) is 19.2 Å². The van der Waals surface area contributed by atoms with Gasteiger partial charge in [-0.2, -0.15) is 0 Å². The normalized spacial score (nSPS) is 15.6. The Balaban J connectivity index is 0.000000204. The number of hydrogen-bond acceptors (Lipinski definition) is 2. The third-order valence-corrected chi connectivity index (χ3v) is 4.05. The third kappa shape index (κ3) is 7.88. The molecule has 1 aromatic rings. The lowest BCUT2D eigenvalue weighted by Gasteiger charge is -2.20. The van der Waals surface area contributed by atoms with Crippen LogP contribution < -0.4 is 10.6 Å². The van der Waals surface area contributed by atoms with Gasteiger partial charge in [0.1, 0.15) is 0 Å². The first kappa shape index (κ1) is 17.5. The van der Waals surface area contributed by atoms with Crippen LogP contribution in [-0.4, -0.2) is 27.2 Å². The topological polar surface area (TPSA) is 24.1 Å². The van der Waals surface area contributed by atoms with Crippen molar-refractivity contribution in [3.8, 4) is 0 Å². The van der Waals surface area contributed by atoms with Gasteiger partial charge in [0.15, 0.2) is 0 Å². The minimum Gasteiger partial charge on any atom is -0.319 e. The summed E-state index contributed by atoms with van der Waals surface area (Å²) in [7, 11) is 4.00. The SMILES string of the molecule is CNCC1CCCCC1.CNCCc1ccc(Cl)cc1. The molecule has 1 aliphatic carbocycles. The average molecular weight is 297 g/mol. The summed E-state index contributed by atoms with van der Waals surface area (Å²) in [5.41, 5.74) is 1.32. The zero-order valence-electron chi connectivity index (χ0n) is 12.9. The molecular formula is C17H29ClN2. The van der Waals surface area contributed by atoms with Gasteiger partial charge < -0.3 is 10.6 Å². The average Bonchev–Trinajstić information content (AvgIpc) is 2.49. The van der Waals surface area contributed by atoms with E-state index < -0.39 is 0 Å². The van der Waals surface area contributed by atoms with E-state index in [0.29, 0.717) is 0 Å². The van der Waals surface area contributed by atoms with Gasteiger partial charge in [-0.1, -0.05) is 43.0 Å². The minimum atomic E-state index is 0.804. The fraction of sp³-hybridized carbons (Fsp3) is 0.647. The van der Waals surface area contributed by atoms with Crippen LogP contribution in [0.15, 0.2) is 24.3 Å². The molecule has 0 aromatic heterocycles. The molecule has 2 nitrogen and oxygen atoms in total. The first-order chi connectivity index (χ1) is 9.76. The molecule has 114 valence electrons. The van der Waals surface area contributed by atoms with Gasteiger partial charge in [-0.15, -0.1) is 0 Å². The molecule has 0 bridgehead atoms. The predicted molar refractivity (Wildman–Crippen MR) is 89.6 cm³/mol. The first-order valence-corrected chi connectivity index (χ1v) is 8.17. The number of rotatable bonds is 5. The summed E-state index contributed by atoms with van der Waals surface area (Å²) in [6.07, 6.45) is 8.38. The van der Waals surface area contributed by atoms with Gasteiger partial charge in [-0.3, -0.25) is 0 Å². The molecule has 0 atom stereocenters. The van der Waals surface area contributed by atoms with Gasteiger partial charge in [-0.25, -0.2) is 0 Å². The highest BCUT2D eigenvalue weighted by Crippen LogP contribution is 2.22. The van der Waals surface area contributed by atoms with Gasteiger partial charge in [0.2, 0.25) is 0 Å². The lowest BCUT2D eigenvalue weighted by atomic mass is 9.89. The summed E-state index contributed by atoms with van der Waals surface area (Å²) < 4.78 is 0. The molecule has 1 aliphatic rings. The fourth-order valence-corrected chi connectivity index (χ4v) is 2.73. The summed E-state index contributed by atoms with van der Waals surface area (Å²) in [5, 5.41) is 7.14. The molecule has 0 aliphatic heterocycles. The molecule has 20 heavy (non-hydrogen) atoms. The molecule has 1 saturated carbocycles. The van der Waals surface area contributed by atoms with Crippen molar-refractivity contribution in [3.05, 3.63) is 34.9 Å². The zero-order valence-corrected chi connectivity index (χ0v) is 13.7. The van der Waals surface area contributed by atoms with Gasteiger partial charge in [0.05, 0.1) is 0 Å². The minimum absolute atomic E-state index is 0.804. The highest BCUT2D eigenvalue weighted by atomic mass is 35.5. The Bertz CT molecular complexity index is 329. The van der Waals surface area contributed by atoms with Crippen molar-refractivity contribution in [1.82, 2.24) is 10.6 Å².